The van der Waals surface area contributed by atoms with Crippen molar-refractivity contribution in [2.75, 3.05) is 30.4 Å². The van der Waals surface area contributed by atoms with Crippen molar-refractivity contribution in [3.63, 3.8) is 0 Å². The van der Waals surface area contributed by atoms with E-state index in [2.05, 4.69) is 5.32 Å². The fraction of sp³-hybridized carbons (Fsp3) is 0.529. The maximum absolute atomic E-state index is 12.3. The van der Waals surface area contributed by atoms with Crippen LogP contribution in [-0.4, -0.2) is 44.2 Å². The number of nitrogens with zero attached hydrogens (tertiary/aromatic N) is 1. The summed E-state index contributed by atoms with van der Waals surface area (Å²) >= 11 is 0. The topological polar surface area (TPSA) is 93.9 Å². The van der Waals surface area contributed by atoms with E-state index in [1.807, 2.05) is 0 Å². The van der Waals surface area contributed by atoms with E-state index in [4.69, 9.17) is 15.2 Å². The molecular formula is C17H23N3O4. The number of hydrogen-bond donors (Lipinski definition) is 2. The zero-order valence-corrected chi connectivity index (χ0v) is 13.8. The van der Waals surface area contributed by atoms with Crippen molar-refractivity contribution in [2.45, 2.75) is 37.9 Å². The molecular weight excluding hydrogens is 310 g/mol. The van der Waals surface area contributed by atoms with Gasteiger partial charge < -0.3 is 25.4 Å². The molecule has 1 aromatic carbocycles. The molecule has 2 aliphatic heterocycles. The molecule has 3 rings (SSSR count). The molecule has 0 aromatic heterocycles. The lowest BCUT2D eigenvalue weighted by molar-refractivity contribution is -0.126. The minimum Gasteiger partial charge on any atom is -0.495 e. The number of benzene rings is 1. The summed E-state index contributed by atoms with van der Waals surface area (Å²) in [6.07, 6.45) is 2.31. The largest absolute Gasteiger partial charge is 0.495 e. The molecule has 2 amide bonds. The molecule has 7 heteroatoms. The van der Waals surface area contributed by atoms with Crippen LogP contribution >= 0.6 is 0 Å². The lowest BCUT2D eigenvalue weighted by Gasteiger charge is -2.20. The molecule has 2 aliphatic rings. The first kappa shape index (κ1) is 16.7. The third kappa shape index (κ3) is 3.37. The molecule has 130 valence electrons. The van der Waals surface area contributed by atoms with Crippen LogP contribution in [0.3, 0.4) is 0 Å². The molecule has 3 N–H and O–H groups in total. The number of hydrogen-bond acceptors (Lipinski definition) is 5. The van der Waals surface area contributed by atoms with Crippen LogP contribution in [0.5, 0.6) is 5.75 Å². The van der Waals surface area contributed by atoms with Gasteiger partial charge in [0.25, 0.3) is 5.91 Å². The van der Waals surface area contributed by atoms with Crippen LogP contribution in [0.4, 0.5) is 11.4 Å². The van der Waals surface area contributed by atoms with Crippen LogP contribution in [0.2, 0.25) is 0 Å². The molecule has 0 radical (unpaired) electrons. The van der Waals surface area contributed by atoms with Gasteiger partial charge in [0.05, 0.1) is 18.9 Å². The molecule has 2 atom stereocenters. The lowest BCUT2D eigenvalue weighted by Crippen LogP contribution is -2.30. The Kier molecular flexibility index (Phi) is 5.01. The Morgan fingerprint density at radius 2 is 2.29 bits per heavy atom. The molecule has 7 nitrogen and oxygen atoms in total. The summed E-state index contributed by atoms with van der Waals surface area (Å²) in [6, 6.07) is 5.29. The summed E-state index contributed by atoms with van der Waals surface area (Å²) in [7, 11) is 1.57. The van der Waals surface area contributed by atoms with Crippen LogP contribution in [0.25, 0.3) is 0 Å². The highest BCUT2D eigenvalue weighted by Gasteiger charge is 2.30. The smallest absolute Gasteiger partial charge is 0.253 e. The number of rotatable bonds is 5. The molecule has 0 bridgehead atoms. The molecule has 2 saturated heterocycles. The number of nitrogens with two attached hydrogens (primary N) is 1. The number of carbonyl (C=O) groups excluding carboxylic acids is 2. The van der Waals surface area contributed by atoms with Crippen LogP contribution in [-0.2, 0) is 14.3 Å². The second kappa shape index (κ2) is 7.19. The summed E-state index contributed by atoms with van der Waals surface area (Å²) in [5, 5.41) is 2.86. The van der Waals surface area contributed by atoms with E-state index in [0.717, 1.165) is 12.8 Å². The van der Waals surface area contributed by atoms with Crippen molar-refractivity contribution in [1.82, 2.24) is 0 Å². The number of amides is 2. The van der Waals surface area contributed by atoms with Gasteiger partial charge in [-0.3, -0.25) is 9.59 Å². The molecule has 0 unspecified atom stereocenters. The van der Waals surface area contributed by atoms with Gasteiger partial charge in [0.2, 0.25) is 5.91 Å². The second-order valence-electron chi connectivity index (χ2n) is 6.08. The molecule has 24 heavy (non-hydrogen) atoms. The number of anilines is 2. The summed E-state index contributed by atoms with van der Waals surface area (Å²) in [6.45, 7) is 1.09. The molecule has 2 fully saturated rings. The van der Waals surface area contributed by atoms with Crippen LogP contribution in [0.15, 0.2) is 18.2 Å². The lowest BCUT2D eigenvalue weighted by atomic mass is 10.2. The van der Waals surface area contributed by atoms with Crippen molar-refractivity contribution < 1.29 is 19.1 Å². The van der Waals surface area contributed by atoms with Gasteiger partial charge in [0, 0.05) is 25.2 Å². The summed E-state index contributed by atoms with van der Waals surface area (Å²) in [5.41, 5.74) is 6.88. The normalized spacial score (nSPS) is 23.6. The average Bonchev–Trinajstić information content (AvgIpc) is 3.23. The zero-order valence-electron chi connectivity index (χ0n) is 13.8. The van der Waals surface area contributed by atoms with Crippen molar-refractivity contribution in [2.24, 2.45) is 5.73 Å². The molecule has 0 spiro atoms. The van der Waals surface area contributed by atoms with Gasteiger partial charge in [-0.25, -0.2) is 0 Å². The number of methoxy groups -OCH3 is 1. The second-order valence-corrected chi connectivity index (χ2v) is 6.08. The van der Waals surface area contributed by atoms with Gasteiger partial charge >= 0.3 is 0 Å². The number of nitrogens with one attached hydrogen (secondary N) is 1. The van der Waals surface area contributed by atoms with Crippen molar-refractivity contribution in [3.8, 4) is 5.75 Å². The van der Waals surface area contributed by atoms with E-state index >= 15 is 0 Å². The highest BCUT2D eigenvalue weighted by atomic mass is 16.5. The highest BCUT2D eigenvalue weighted by Crippen LogP contribution is 2.34. The van der Waals surface area contributed by atoms with Gasteiger partial charge in [-0.05, 0) is 37.5 Å². The monoisotopic (exact) mass is 333 g/mol. The first-order chi connectivity index (χ1) is 11.6. The van der Waals surface area contributed by atoms with Gasteiger partial charge in [-0.15, -0.1) is 0 Å². The zero-order chi connectivity index (χ0) is 17.1. The van der Waals surface area contributed by atoms with E-state index in [1.54, 1.807) is 30.2 Å². The summed E-state index contributed by atoms with van der Waals surface area (Å²) in [5.74, 6) is 0.500. The van der Waals surface area contributed by atoms with E-state index in [9.17, 15) is 9.59 Å². The molecule has 0 aliphatic carbocycles. The Labute approximate surface area is 141 Å². The van der Waals surface area contributed by atoms with Gasteiger partial charge in [-0.2, -0.15) is 0 Å². The minimum absolute atomic E-state index is 0.0469. The van der Waals surface area contributed by atoms with Crippen LogP contribution < -0.4 is 20.7 Å². The van der Waals surface area contributed by atoms with Gasteiger partial charge in [0.15, 0.2) is 0 Å². The van der Waals surface area contributed by atoms with Gasteiger partial charge in [-0.1, -0.05) is 0 Å². The Bertz CT molecular complexity index is 634. The average molecular weight is 333 g/mol. The van der Waals surface area contributed by atoms with E-state index in [0.29, 0.717) is 43.1 Å². The van der Waals surface area contributed by atoms with E-state index in [-0.39, 0.29) is 17.9 Å². The predicted octanol–water partition coefficient (Wildman–Crippen LogP) is 1.27. The fourth-order valence-electron chi connectivity index (χ4n) is 3.18. The third-order valence-electron chi connectivity index (χ3n) is 4.47. The highest BCUT2D eigenvalue weighted by molar-refractivity contribution is 5.99. The number of carbonyl (C=O) groups is 2. The molecule has 0 saturated carbocycles. The standard InChI is InChI=1S/C17H23N3O4/c1-23-14-6-4-11(9-13(14)20-8-2-3-16(20)21)19-17(22)15-7-5-12(10-18)24-15/h4,6,9,12,15H,2-3,5,7-8,10,18H2,1H3,(H,19,22)/t12-,15+/m1/s1. The maximum Gasteiger partial charge on any atom is 0.253 e. The van der Waals surface area contributed by atoms with Crippen molar-refractivity contribution in [1.29, 1.82) is 0 Å². The third-order valence-corrected chi connectivity index (χ3v) is 4.47. The quantitative estimate of drug-likeness (QED) is 0.846. The van der Waals surface area contributed by atoms with Crippen LogP contribution in [0.1, 0.15) is 25.7 Å². The summed E-state index contributed by atoms with van der Waals surface area (Å²) in [4.78, 5) is 26.0. The maximum atomic E-state index is 12.3. The van der Waals surface area contributed by atoms with Gasteiger partial charge in [0.1, 0.15) is 11.9 Å². The predicted molar refractivity (Wildman–Crippen MR) is 90.2 cm³/mol. The van der Waals surface area contributed by atoms with Crippen molar-refractivity contribution >= 4 is 23.2 Å². The van der Waals surface area contributed by atoms with Crippen LogP contribution in [0, 0.1) is 0 Å². The molecule has 1 aromatic rings. The first-order valence-electron chi connectivity index (χ1n) is 8.27. The Hall–Kier alpha value is -2.12. The van der Waals surface area contributed by atoms with E-state index in [1.165, 1.54) is 0 Å². The molecule has 2 heterocycles. The van der Waals surface area contributed by atoms with Crippen molar-refractivity contribution in [3.05, 3.63) is 18.2 Å². The SMILES string of the molecule is COc1ccc(NC(=O)[C@@H]2CC[C@H](CN)O2)cc1N1CCCC1=O. The van der Waals surface area contributed by atoms with E-state index < -0.39 is 6.10 Å². The first-order valence-corrected chi connectivity index (χ1v) is 8.27. The summed E-state index contributed by atoms with van der Waals surface area (Å²) < 4.78 is 11.0. The number of ether oxygens (including phenoxy) is 2. The minimum atomic E-state index is -0.475. The Morgan fingerprint density at radius 3 is 2.92 bits per heavy atom. The Balaban J connectivity index is 1.74. The Morgan fingerprint density at radius 1 is 1.46 bits per heavy atom. The fourth-order valence-corrected chi connectivity index (χ4v) is 3.18.